The fourth-order valence-electron chi connectivity index (χ4n) is 2.55. The summed E-state index contributed by atoms with van der Waals surface area (Å²) >= 11 is 0. The Hall–Kier alpha value is -3.03. The number of likely N-dealkylation sites (N-methyl/N-ethyl adjacent to an activating group) is 1. The summed E-state index contributed by atoms with van der Waals surface area (Å²) in [6.07, 6.45) is 1.64. The molecule has 2 heterocycles. The number of nitrogens with zero attached hydrogens (tertiary/aromatic N) is 6. The summed E-state index contributed by atoms with van der Waals surface area (Å²) in [5, 5.41) is 12.0. The van der Waals surface area contributed by atoms with E-state index in [9.17, 15) is 4.79 Å². The summed E-state index contributed by atoms with van der Waals surface area (Å²) in [5.74, 6) is 0.772. The zero-order valence-electron chi connectivity index (χ0n) is 14.5. The average molecular weight is 340 g/mol. The maximum Gasteiger partial charge on any atom is 0.280 e. The van der Waals surface area contributed by atoms with Gasteiger partial charge >= 0.3 is 0 Å². The Labute approximate surface area is 145 Å². The molecular weight excluding hydrogens is 320 g/mol. The average Bonchev–Trinajstić information content (AvgIpc) is 3.25. The summed E-state index contributed by atoms with van der Waals surface area (Å²) in [4.78, 5) is 18.3. The molecule has 8 nitrogen and oxygen atoms in total. The number of rotatable bonds is 6. The highest BCUT2D eigenvalue weighted by Crippen LogP contribution is 2.23. The van der Waals surface area contributed by atoms with Crippen molar-refractivity contribution in [2.75, 3.05) is 13.1 Å². The fourth-order valence-corrected chi connectivity index (χ4v) is 2.55. The van der Waals surface area contributed by atoms with E-state index in [1.807, 2.05) is 45.0 Å². The Morgan fingerprint density at radius 2 is 2.00 bits per heavy atom. The van der Waals surface area contributed by atoms with Crippen molar-refractivity contribution >= 4 is 5.91 Å². The molecule has 0 aliphatic carbocycles. The van der Waals surface area contributed by atoms with Crippen molar-refractivity contribution in [2.45, 2.75) is 27.3 Å². The van der Waals surface area contributed by atoms with E-state index < -0.39 is 0 Å². The van der Waals surface area contributed by atoms with Gasteiger partial charge in [0.15, 0.2) is 5.69 Å². The highest BCUT2D eigenvalue weighted by atomic mass is 16.5. The smallest absolute Gasteiger partial charge is 0.280 e. The summed E-state index contributed by atoms with van der Waals surface area (Å²) in [6, 6.07) is 7.80. The highest BCUT2D eigenvalue weighted by Gasteiger charge is 2.17. The topological polar surface area (TPSA) is 89.9 Å². The lowest BCUT2D eigenvalue weighted by Gasteiger charge is -2.17. The van der Waals surface area contributed by atoms with Crippen LogP contribution in [0.4, 0.5) is 0 Å². The molecule has 1 amide bonds. The number of carbonyl (C=O) groups excluding carboxylic acids is 1. The Morgan fingerprint density at radius 3 is 2.72 bits per heavy atom. The van der Waals surface area contributed by atoms with Crippen molar-refractivity contribution in [2.24, 2.45) is 0 Å². The van der Waals surface area contributed by atoms with Crippen LogP contribution in [0, 0.1) is 6.92 Å². The highest BCUT2D eigenvalue weighted by molar-refractivity contribution is 5.75. The third-order valence-electron chi connectivity index (χ3n) is 3.98. The lowest BCUT2D eigenvalue weighted by atomic mass is 10.1. The first-order chi connectivity index (χ1) is 12.1. The molecule has 0 unspecified atom stereocenters. The number of hydrogen-bond donors (Lipinski definition) is 0. The third kappa shape index (κ3) is 3.57. The third-order valence-corrected chi connectivity index (χ3v) is 3.98. The normalized spacial score (nSPS) is 10.8. The minimum atomic E-state index is -0.00687. The van der Waals surface area contributed by atoms with E-state index in [1.165, 1.54) is 4.68 Å². The maximum atomic E-state index is 12.1. The molecule has 0 fully saturated rings. The van der Waals surface area contributed by atoms with E-state index in [4.69, 9.17) is 4.52 Å². The van der Waals surface area contributed by atoms with Gasteiger partial charge in [-0.1, -0.05) is 34.6 Å². The van der Waals surface area contributed by atoms with Crippen molar-refractivity contribution in [1.29, 1.82) is 0 Å². The Balaban J connectivity index is 1.77. The molecule has 0 radical (unpaired) electrons. The van der Waals surface area contributed by atoms with Crippen LogP contribution in [-0.2, 0) is 11.3 Å². The molecule has 3 aromatic rings. The zero-order valence-corrected chi connectivity index (χ0v) is 14.5. The fraction of sp³-hybridized carbons (Fsp3) is 0.353. The van der Waals surface area contributed by atoms with Gasteiger partial charge in [-0.05, 0) is 26.3 Å². The second-order valence-electron chi connectivity index (χ2n) is 5.61. The van der Waals surface area contributed by atoms with Crippen molar-refractivity contribution in [3.8, 4) is 23.0 Å². The van der Waals surface area contributed by atoms with Crippen LogP contribution < -0.4 is 0 Å². The van der Waals surface area contributed by atoms with Gasteiger partial charge < -0.3 is 9.42 Å². The summed E-state index contributed by atoms with van der Waals surface area (Å²) in [5.41, 5.74) is 2.41. The number of aryl methyl sites for hydroxylation is 1. The molecular formula is C17H20N6O2. The first-order valence-corrected chi connectivity index (χ1v) is 8.20. The second kappa shape index (κ2) is 7.25. The summed E-state index contributed by atoms with van der Waals surface area (Å²) in [7, 11) is 0. The molecule has 130 valence electrons. The number of aromatic nitrogens is 5. The molecule has 3 rings (SSSR count). The van der Waals surface area contributed by atoms with Crippen LogP contribution >= 0.6 is 0 Å². The van der Waals surface area contributed by atoms with E-state index in [2.05, 4.69) is 20.5 Å². The second-order valence-corrected chi connectivity index (χ2v) is 5.61. The van der Waals surface area contributed by atoms with Gasteiger partial charge in [0.05, 0.1) is 6.20 Å². The minimum absolute atomic E-state index is 0.00687. The van der Waals surface area contributed by atoms with E-state index >= 15 is 0 Å². The van der Waals surface area contributed by atoms with Gasteiger partial charge in [0.1, 0.15) is 6.54 Å². The molecule has 25 heavy (non-hydrogen) atoms. The van der Waals surface area contributed by atoms with Crippen LogP contribution in [0.2, 0.25) is 0 Å². The quantitative estimate of drug-likeness (QED) is 0.683. The van der Waals surface area contributed by atoms with E-state index in [1.54, 1.807) is 11.1 Å². The number of carbonyl (C=O) groups is 1. The van der Waals surface area contributed by atoms with Gasteiger partial charge in [0.25, 0.3) is 5.89 Å². The van der Waals surface area contributed by atoms with Gasteiger partial charge in [0, 0.05) is 18.7 Å². The lowest BCUT2D eigenvalue weighted by molar-refractivity contribution is -0.131. The van der Waals surface area contributed by atoms with Crippen molar-refractivity contribution < 1.29 is 9.32 Å². The number of benzene rings is 1. The molecule has 1 aromatic carbocycles. The monoisotopic (exact) mass is 340 g/mol. The molecule has 0 saturated heterocycles. The molecule has 2 aromatic heterocycles. The van der Waals surface area contributed by atoms with Gasteiger partial charge in [-0.3, -0.25) is 4.79 Å². The molecule has 8 heteroatoms. The Bertz CT molecular complexity index is 865. The Kier molecular flexibility index (Phi) is 4.87. The zero-order chi connectivity index (χ0) is 17.8. The molecule has 0 atom stereocenters. The van der Waals surface area contributed by atoms with E-state index in [-0.39, 0.29) is 18.3 Å². The minimum Gasteiger partial charge on any atom is -0.342 e. The van der Waals surface area contributed by atoms with Crippen LogP contribution in [0.5, 0.6) is 0 Å². The maximum absolute atomic E-state index is 12.1. The predicted molar refractivity (Wildman–Crippen MR) is 91.4 cm³/mol. The standard InChI is InChI=1S/C17H20N6O2/c1-4-22(5-2)15(24)11-23-10-14(19-21-23)17-18-16(20-25-17)13-9-7-6-8-12(13)3/h6-10H,4-5,11H2,1-3H3. The van der Waals surface area contributed by atoms with E-state index in [0.717, 1.165) is 11.1 Å². The lowest BCUT2D eigenvalue weighted by Crippen LogP contribution is -2.33. The van der Waals surface area contributed by atoms with Crippen LogP contribution in [0.15, 0.2) is 35.0 Å². The molecule has 0 aliphatic rings. The summed E-state index contributed by atoms with van der Waals surface area (Å²) < 4.78 is 6.78. The van der Waals surface area contributed by atoms with Crippen LogP contribution in [0.1, 0.15) is 19.4 Å². The first kappa shape index (κ1) is 16.8. The number of hydrogen-bond acceptors (Lipinski definition) is 6. The van der Waals surface area contributed by atoms with Gasteiger partial charge in [0.2, 0.25) is 11.7 Å². The van der Waals surface area contributed by atoms with Crippen molar-refractivity contribution in [1.82, 2.24) is 30.0 Å². The van der Waals surface area contributed by atoms with Crippen molar-refractivity contribution in [3.63, 3.8) is 0 Å². The van der Waals surface area contributed by atoms with Gasteiger partial charge in [-0.2, -0.15) is 4.98 Å². The largest absolute Gasteiger partial charge is 0.342 e. The van der Waals surface area contributed by atoms with Gasteiger partial charge in [-0.15, -0.1) is 5.10 Å². The van der Waals surface area contributed by atoms with Crippen LogP contribution in [-0.4, -0.2) is 49.0 Å². The molecule has 0 saturated carbocycles. The van der Waals surface area contributed by atoms with Crippen LogP contribution in [0.3, 0.4) is 0 Å². The molecule has 0 aliphatic heterocycles. The SMILES string of the molecule is CCN(CC)C(=O)Cn1cc(-c2nc(-c3ccccc3C)no2)nn1. The molecule has 0 bridgehead atoms. The van der Waals surface area contributed by atoms with Crippen LogP contribution in [0.25, 0.3) is 23.0 Å². The predicted octanol–water partition coefficient (Wildman–Crippen LogP) is 2.17. The van der Waals surface area contributed by atoms with Gasteiger partial charge in [-0.25, -0.2) is 4.68 Å². The molecule has 0 spiro atoms. The number of amides is 1. The first-order valence-electron chi connectivity index (χ1n) is 8.20. The molecule has 0 N–H and O–H groups in total. The summed E-state index contributed by atoms with van der Waals surface area (Å²) in [6.45, 7) is 7.34. The van der Waals surface area contributed by atoms with E-state index in [0.29, 0.717) is 24.6 Å². The Morgan fingerprint density at radius 1 is 1.24 bits per heavy atom. The van der Waals surface area contributed by atoms with Crippen molar-refractivity contribution in [3.05, 3.63) is 36.0 Å².